The van der Waals surface area contributed by atoms with Gasteiger partial charge in [0.2, 0.25) is 5.91 Å². The Kier molecular flexibility index (Phi) is 5.84. The number of nitro groups is 1. The molecule has 0 fully saturated rings. The minimum atomic E-state index is -1.32. The molecule has 8 nitrogen and oxygen atoms in total. The fraction of sp³-hybridized carbons (Fsp3) is 0.211. The smallest absolute Gasteiger partial charge is 0.269 e. The standard InChI is InChI=1S/C19H16BrN3O5/c20-14-6-4-12(5-7-14)16-11-17(13-2-1-3-15(10-13)23(27)28)22(21-16)18(24)8-9-19(25)26/h1-7,10,17H,8-9,11H2,(H,25,26)/p-1/t17-/m0/s1. The van der Waals surface area contributed by atoms with E-state index in [0.29, 0.717) is 17.7 Å². The highest BCUT2D eigenvalue weighted by Gasteiger charge is 2.33. The van der Waals surface area contributed by atoms with Crippen molar-refractivity contribution >= 4 is 39.2 Å². The molecule has 28 heavy (non-hydrogen) atoms. The van der Waals surface area contributed by atoms with Crippen LogP contribution in [-0.2, 0) is 9.59 Å². The minimum Gasteiger partial charge on any atom is -0.550 e. The number of rotatable bonds is 6. The second-order valence-electron chi connectivity index (χ2n) is 6.24. The fourth-order valence-electron chi connectivity index (χ4n) is 2.99. The third kappa shape index (κ3) is 4.42. The molecule has 2 aromatic rings. The molecule has 1 aliphatic heterocycles. The van der Waals surface area contributed by atoms with Crippen molar-refractivity contribution in [2.45, 2.75) is 25.3 Å². The number of nitrogens with zero attached hydrogens (tertiary/aromatic N) is 3. The van der Waals surface area contributed by atoms with Gasteiger partial charge in [-0.3, -0.25) is 14.9 Å². The molecule has 0 saturated heterocycles. The summed E-state index contributed by atoms with van der Waals surface area (Å²) in [5.41, 5.74) is 1.93. The summed E-state index contributed by atoms with van der Waals surface area (Å²) >= 11 is 3.36. The lowest BCUT2D eigenvalue weighted by molar-refractivity contribution is -0.385. The van der Waals surface area contributed by atoms with Crippen LogP contribution in [-0.4, -0.2) is 27.5 Å². The summed E-state index contributed by atoms with van der Waals surface area (Å²) in [6.45, 7) is 0. The van der Waals surface area contributed by atoms with Crippen molar-refractivity contribution in [2.24, 2.45) is 5.10 Å². The molecule has 0 radical (unpaired) electrons. The van der Waals surface area contributed by atoms with Crippen molar-refractivity contribution < 1.29 is 19.6 Å². The van der Waals surface area contributed by atoms with Gasteiger partial charge in [-0.25, -0.2) is 5.01 Å². The first-order valence-electron chi connectivity index (χ1n) is 8.45. The van der Waals surface area contributed by atoms with Gasteiger partial charge in [-0.2, -0.15) is 5.10 Å². The Hall–Kier alpha value is -3.07. The number of aliphatic carboxylic acids is 1. The van der Waals surface area contributed by atoms with Crippen LogP contribution in [0.3, 0.4) is 0 Å². The lowest BCUT2D eigenvalue weighted by atomic mass is 9.98. The Bertz CT molecular complexity index is 958. The molecule has 1 amide bonds. The summed E-state index contributed by atoms with van der Waals surface area (Å²) in [6, 6.07) is 12.9. The second-order valence-corrected chi connectivity index (χ2v) is 7.15. The summed E-state index contributed by atoms with van der Waals surface area (Å²) in [7, 11) is 0. The van der Waals surface area contributed by atoms with Gasteiger partial charge in [-0.05, 0) is 29.7 Å². The summed E-state index contributed by atoms with van der Waals surface area (Å²) in [4.78, 5) is 33.9. The van der Waals surface area contributed by atoms with Gasteiger partial charge in [0.25, 0.3) is 5.69 Å². The van der Waals surface area contributed by atoms with Crippen LogP contribution in [0.5, 0.6) is 0 Å². The number of carboxylic acids is 1. The molecule has 9 heteroatoms. The van der Waals surface area contributed by atoms with E-state index in [1.54, 1.807) is 12.1 Å². The van der Waals surface area contributed by atoms with Gasteiger partial charge in [0.15, 0.2) is 0 Å². The SMILES string of the molecule is O=C([O-])CCC(=O)N1N=C(c2ccc(Br)cc2)C[C@H]1c1cccc([N+](=O)[O-])c1. The molecule has 0 unspecified atom stereocenters. The molecule has 1 atom stereocenters. The molecule has 0 saturated carbocycles. The van der Waals surface area contributed by atoms with Gasteiger partial charge in [0, 0.05) is 35.4 Å². The number of nitro benzene ring substituents is 1. The number of carboxylic acid groups (broad SMARTS) is 1. The van der Waals surface area contributed by atoms with Crippen LogP contribution in [0.2, 0.25) is 0 Å². The van der Waals surface area contributed by atoms with Crippen LogP contribution >= 0.6 is 15.9 Å². The summed E-state index contributed by atoms with van der Waals surface area (Å²) in [5, 5.41) is 27.4. The summed E-state index contributed by atoms with van der Waals surface area (Å²) in [5.74, 6) is -1.80. The number of carbonyl (C=O) groups excluding carboxylic acids is 2. The lowest BCUT2D eigenvalue weighted by Crippen LogP contribution is -2.29. The van der Waals surface area contributed by atoms with Gasteiger partial charge >= 0.3 is 0 Å². The average Bonchev–Trinajstić information content (AvgIpc) is 3.12. The van der Waals surface area contributed by atoms with Crippen molar-refractivity contribution in [3.05, 3.63) is 74.2 Å². The van der Waals surface area contributed by atoms with E-state index in [2.05, 4.69) is 21.0 Å². The van der Waals surface area contributed by atoms with Crippen molar-refractivity contribution in [3.8, 4) is 0 Å². The van der Waals surface area contributed by atoms with Gasteiger partial charge in [0.1, 0.15) is 0 Å². The van der Waals surface area contributed by atoms with E-state index < -0.39 is 29.3 Å². The number of non-ortho nitro benzene ring substituents is 1. The Morgan fingerprint density at radius 2 is 1.89 bits per heavy atom. The maximum Gasteiger partial charge on any atom is 0.269 e. The van der Waals surface area contributed by atoms with Crippen molar-refractivity contribution in [3.63, 3.8) is 0 Å². The van der Waals surface area contributed by atoms with Gasteiger partial charge in [-0.15, -0.1) is 0 Å². The number of carbonyl (C=O) groups is 2. The van der Waals surface area contributed by atoms with E-state index in [1.165, 1.54) is 17.1 Å². The molecule has 144 valence electrons. The van der Waals surface area contributed by atoms with Gasteiger partial charge < -0.3 is 9.90 Å². The first kappa shape index (κ1) is 19.7. The van der Waals surface area contributed by atoms with E-state index in [4.69, 9.17) is 0 Å². The zero-order chi connectivity index (χ0) is 20.3. The fourth-order valence-corrected chi connectivity index (χ4v) is 3.25. The van der Waals surface area contributed by atoms with Crippen molar-refractivity contribution in [1.29, 1.82) is 0 Å². The molecule has 1 heterocycles. The molecule has 0 N–H and O–H groups in total. The number of hydrogen-bond acceptors (Lipinski definition) is 6. The van der Waals surface area contributed by atoms with E-state index in [9.17, 15) is 24.8 Å². The molecule has 1 aliphatic rings. The van der Waals surface area contributed by atoms with Crippen LogP contribution in [0.15, 0.2) is 58.1 Å². The Balaban J connectivity index is 1.94. The predicted molar refractivity (Wildman–Crippen MR) is 102 cm³/mol. The van der Waals surface area contributed by atoms with Crippen LogP contribution in [0.1, 0.15) is 36.4 Å². The average molecular weight is 445 g/mol. The van der Waals surface area contributed by atoms with Crippen LogP contribution < -0.4 is 5.11 Å². The highest BCUT2D eigenvalue weighted by atomic mass is 79.9. The number of benzene rings is 2. The van der Waals surface area contributed by atoms with Crippen LogP contribution in [0.25, 0.3) is 0 Å². The molecule has 0 aliphatic carbocycles. The molecular weight excluding hydrogens is 430 g/mol. The molecule has 0 bridgehead atoms. The van der Waals surface area contributed by atoms with E-state index in [0.717, 1.165) is 10.0 Å². The second kappa shape index (κ2) is 8.30. The molecule has 0 aromatic heterocycles. The number of hydrogen-bond donors (Lipinski definition) is 0. The topological polar surface area (TPSA) is 116 Å². The van der Waals surface area contributed by atoms with Crippen molar-refractivity contribution in [2.75, 3.05) is 0 Å². The maximum absolute atomic E-state index is 12.6. The van der Waals surface area contributed by atoms with Crippen LogP contribution in [0.4, 0.5) is 5.69 Å². The summed E-state index contributed by atoms with van der Waals surface area (Å²) < 4.78 is 0.895. The molecule has 2 aromatic carbocycles. The monoisotopic (exact) mass is 444 g/mol. The highest BCUT2D eigenvalue weighted by molar-refractivity contribution is 9.10. The Morgan fingerprint density at radius 1 is 1.18 bits per heavy atom. The number of halogens is 1. The van der Waals surface area contributed by atoms with Gasteiger partial charge in [-0.1, -0.05) is 40.2 Å². The van der Waals surface area contributed by atoms with E-state index in [-0.39, 0.29) is 12.1 Å². The molecule has 3 rings (SSSR count). The predicted octanol–water partition coefficient (Wildman–Crippen LogP) is 2.57. The third-order valence-electron chi connectivity index (χ3n) is 4.35. The lowest BCUT2D eigenvalue weighted by Gasteiger charge is -2.22. The quantitative estimate of drug-likeness (QED) is 0.501. The highest BCUT2D eigenvalue weighted by Crippen LogP contribution is 2.34. The zero-order valence-corrected chi connectivity index (χ0v) is 16.2. The maximum atomic E-state index is 12.6. The molecule has 0 spiro atoms. The number of amides is 1. The number of hydrazone groups is 1. The summed E-state index contributed by atoms with van der Waals surface area (Å²) in [6.07, 6.45) is -0.315. The van der Waals surface area contributed by atoms with Gasteiger partial charge in [0.05, 0.1) is 16.7 Å². The first-order chi connectivity index (χ1) is 13.3. The minimum absolute atomic E-state index is 0.0864. The normalized spacial score (nSPS) is 16.0. The molecular formula is C19H15BrN3O5-. The van der Waals surface area contributed by atoms with Crippen molar-refractivity contribution in [1.82, 2.24) is 5.01 Å². The van der Waals surface area contributed by atoms with Crippen LogP contribution in [0, 0.1) is 10.1 Å². The Labute approximate surface area is 168 Å². The van der Waals surface area contributed by atoms with E-state index in [1.807, 2.05) is 24.3 Å². The largest absolute Gasteiger partial charge is 0.550 e. The Morgan fingerprint density at radius 3 is 2.54 bits per heavy atom. The zero-order valence-electron chi connectivity index (χ0n) is 14.6. The first-order valence-corrected chi connectivity index (χ1v) is 9.24. The van der Waals surface area contributed by atoms with E-state index >= 15 is 0 Å². The third-order valence-corrected chi connectivity index (χ3v) is 4.88.